The average molecular weight is 161 g/mol. The molecule has 2 heterocycles. The van der Waals surface area contributed by atoms with Crippen LogP contribution in [0.25, 0.3) is 11.4 Å². The molecule has 0 spiro atoms. The van der Waals surface area contributed by atoms with E-state index in [1.54, 1.807) is 23.4 Å². The lowest BCUT2D eigenvalue weighted by Gasteiger charge is -1.90. The molecule has 0 aliphatic carbocycles. The van der Waals surface area contributed by atoms with E-state index in [0.29, 0.717) is 5.82 Å². The second-order valence-electron chi connectivity index (χ2n) is 2.37. The summed E-state index contributed by atoms with van der Waals surface area (Å²) in [5.41, 5.74) is 0.880. The van der Waals surface area contributed by atoms with E-state index in [9.17, 15) is 0 Å². The molecule has 0 radical (unpaired) electrons. The van der Waals surface area contributed by atoms with Gasteiger partial charge in [-0.3, -0.25) is 4.68 Å². The molecule has 0 amide bonds. The molecule has 0 aliphatic heterocycles. The number of nitrogens with zero attached hydrogens (tertiary/aromatic N) is 5. The van der Waals surface area contributed by atoms with E-state index in [0.717, 1.165) is 5.56 Å². The molecule has 5 nitrogen and oxygen atoms in total. The highest BCUT2D eigenvalue weighted by Gasteiger charge is 2.00. The molecular formula is C7H7N5. The fraction of sp³-hybridized carbons (Fsp3) is 0.143. The van der Waals surface area contributed by atoms with Crippen LogP contribution in [0.3, 0.4) is 0 Å². The van der Waals surface area contributed by atoms with Gasteiger partial charge in [0, 0.05) is 12.6 Å². The summed E-state index contributed by atoms with van der Waals surface area (Å²) in [7, 11) is 1.82. The van der Waals surface area contributed by atoms with Crippen LogP contribution in [-0.2, 0) is 7.05 Å². The highest BCUT2D eigenvalue weighted by atomic mass is 15.3. The monoisotopic (exact) mass is 161 g/mol. The van der Waals surface area contributed by atoms with Crippen molar-refractivity contribution in [3.05, 3.63) is 24.8 Å². The number of hydrogen-bond donors (Lipinski definition) is 0. The van der Waals surface area contributed by atoms with Gasteiger partial charge in [-0.25, -0.2) is 4.98 Å². The van der Waals surface area contributed by atoms with Gasteiger partial charge in [0.1, 0.15) is 6.33 Å². The Morgan fingerprint density at radius 3 is 2.83 bits per heavy atom. The Hall–Kier alpha value is -1.78. The standard InChI is InChI=1S/C7H7N5/c1-12-5-8-7(11-12)6-2-3-9-10-4-6/h2-5H,1H3. The van der Waals surface area contributed by atoms with Crippen LogP contribution in [0.1, 0.15) is 0 Å². The summed E-state index contributed by atoms with van der Waals surface area (Å²) in [6, 6.07) is 1.82. The Morgan fingerprint density at radius 2 is 2.25 bits per heavy atom. The lowest BCUT2D eigenvalue weighted by Crippen LogP contribution is -1.88. The van der Waals surface area contributed by atoms with E-state index in [2.05, 4.69) is 20.3 Å². The minimum absolute atomic E-state index is 0.674. The zero-order valence-corrected chi connectivity index (χ0v) is 6.55. The van der Waals surface area contributed by atoms with Gasteiger partial charge in [-0.2, -0.15) is 15.3 Å². The van der Waals surface area contributed by atoms with Crippen molar-refractivity contribution in [2.24, 2.45) is 7.05 Å². The SMILES string of the molecule is Cn1cnc(-c2ccnnc2)n1. The first-order chi connectivity index (χ1) is 5.86. The predicted molar refractivity (Wildman–Crippen MR) is 42.0 cm³/mol. The van der Waals surface area contributed by atoms with E-state index in [1.165, 1.54) is 0 Å². The van der Waals surface area contributed by atoms with Crippen LogP contribution in [-0.4, -0.2) is 25.0 Å². The molecule has 0 saturated heterocycles. The minimum Gasteiger partial charge on any atom is -0.255 e. The van der Waals surface area contributed by atoms with Crippen LogP contribution < -0.4 is 0 Å². The Labute approximate surface area is 69.1 Å². The van der Waals surface area contributed by atoms with Crippen molar-refractivity contribution in [3.63, 3.8) is 0 Å². The van der Waals surface area contributed by atoms with Gasteiger partial charge >= 0.3 is 0 Å². The Bertz CT molecular complexity index is 366. The molecule has 0 aliphatic rings. The van der Waals surface area contributed by atoms with Gasteiger partial charge in [0.2, 0.25) is 0 Å². The maximum absolute atomic E-state index is 4.12. The molecule has 0 atom stereocenters. The Morgan fingerprint density at radius 1 is 1.33 bits per heavy atom. The van der Waals surface area contributed by atoms with E-state index < -0.39 is 0 Å². The van der Waals surface area contributed by atoms with Gasteiger partial charge in [0.05, 0.1) is 12.4 Å². The van der Waals surface area contributed by atoms with Crippen molar-refractivity contribution in [1.29, 1.82) is 0 Å². The topological polar surface area (TPSA) is 56.5 Å². The van der Waals surface area contributed by atoms with Crippen LogP contribution in [0.15, 0.2) is 24.8 Å². The normalized spacial score (nSPS) is 10.1. The zero-order valence-electron chi connectivity index (χ0n) is 6.55. The summed E-state index contributed by atoms with van der Waals surface area (Å²) in [4.78, 5) is 4.07. The first-order valence-electron chi connectivity index (χ1n) is 3.49. The second kappa shape index (κ2) is 2.69. The molecule has 12 heavy (non-hydrogen) atoms. The largest absolute Gasteiger partial charge is 0.255 e. The number of rotatable bonds is 1. The van der Waals surface area contributed by atoms with E-state index in [-0.39, 0.29) is 0 Å². The third-order valence-electron chi connectivity index (χ3n) is 1.44. The van der Waals surface area contributed by atoms with Crippen molar-refractivity contribution in [3.8, 4) is 11.4 Å². The van der Waals surface area contributed by atoms with Gasteiger partial charge in [-0.15, -0.1) is 0 Å². The summed E-state index contributed by atoms with van der Waals surface area (Å²) in [5, 5.41) is 11.5. The highest BCUT2D eigenvalue weighted by Crippen LogP contribution is 2.09. The number of aromatic nitrogens is 5. The summed E-state index contributed by atoms with van der Waals surface area (Å²) >= 11 is 0. The van der Waals surface area contributed by atoms with Gasteiger partial charge < -0.3 is 0 Å². The quantitative estimate of drug-likeness (QED) is 0.602. The lowest BCUT2D eigenvalue weighted by molar-refractivity contribution is 0.768. The average Bonchev–Trinajstić information content (AvgIpc) is 2.54. The molecule has 0 fully saturated rings. The Balaban J connectivity index is 2.45. The van der Waals surface area contributed by atoms with Gasteiger partial charge in [0.15, 0.2) is 5.82 Å². The molecule has 2 rings (SSSR count). The van der Waals surface area contributed by atoms with E-state index in [4.69, 9.17) is 0 Å². The van der Waals surface area contributed by atoms with E-state index >= 15 is 0 Å². The van der Waals surface area contributed by atoms with E-state index in [1.807, 2.05) is 13.1 Å². The third kappa shape index (κ3) is 1.16. The van der Waals surface area contributed by atoms with Crippen LogP contribution in [0, 0.1) is 0 Å². The fourth-order valence-corrected chi connectivity index (χ4v) is 0.895. The predicted octanol–water partition coefficient (Wildman–Crippen LogP) is 0.272. The van der Waals surface area contributed by atoms with Gasteiger partial charge in [-0.1, -0.05) is 0 Å². The molecule has 0 aromatic carbocycles. The van der Waals surface area contributed by atoms with Crippen LogP contribution in [0.2, 0.25) is 0 Å². The molecule has 2 aromatic heterocycles. The minimum atomic E-state index is 0.674. The summed E-state index contributed by atoms with van der Waals surface area (Å²) in [6.07, 6.45) is 4.90. The van der Waals surface area contributed by atoms with Crippen LogP contribution in [0.4, 0.5) is 0 Å². The van der Waals surface area contributed by atoms with Crippen LogP contribution >= 0.6 is 0 Å². The molecule has 0 saturated carbocycles. The fourth-order valence-electron chi connectivity index (χ4n) is 0.895. The molecule has 0 bridgehead atoms. The van der Waals surface area contributed by atoms with Crippen LogP contribution in [0.5, 0.6) is 0 Å². The Kier molecular flexibility index (Phi) is 1.55. The first kappa shape index (κ1) is 6.90. The van der Waals surface area contributed by atoms with Crippen molar-refractivity contribution in [2.45, 2.75) is 0 Å². The molecule has 0 unspecified atom stereocenters. The molecule has 2 aromatic rings. The van der Waals surface area contributed by atoms with Gasteiger partial charge in [-0.05, 0) is 6.07 Å². The molecule has 60 valence electrons. The maximum Gasteiger partial charge on any atom is 0.182 e. The summed E-state index contributed by atoms with van der Waals surface area (Å²) in [5.74, 6) is 0.674. The highest BCUT2D eigenvalue weighted by molar-refractivity contribution is 5.51. The van der Waals surface area contributed by atoms with Crippen molar-refractivity contribution in [2.75, 3.05) is 0 Å². The smallest absolute Gasteiger partial charge is 0.182 e. The summed E-state index contributed by atoms with van der Waals surface area (Å²) in [6.45, 7) is 0. The number of hydrogen-bond acceptors (Lipinski definition) is 4. The molecular weight excluding hydrogens is 154 g/mol. The first-order valence-corrected chi connectivity index (χ1v) is 3.49. The van der Waals surface area contributed by atoms with Crippen molar-refractivity contribution in [1.82, 2.24) is 25.0 Å². The van der Waals surface area contributed by atoms with Crippen molar-refractivity contribution >= 4 is 0 Å². The zero-order chi connectivity index (χ0) is 8.39. The summed E-state index contributed by atoms with van der Waals surface area (Å²) < 4.78 is 1.65. The second-order valence-corrected chi connectivity index (χ2v) is 2.37. The van der Waals surface area contributed by atoms with Gasteiger partial charge in [0.25, 0.3) is 0 Å². The van der Waals surface area contributed by atoms with Crippen molar-refractivity contribution < 1.29 is 0 Å². The lowest BCUT2D eigenvalue weighted by atomic mass is 10.3. The molecule has 5 heteroatoms. The number of aryl methyl sites for hydroxylation is 1. The third-order valence-corrected chi connectivity index (χ3v) is 1.44. The maximum atomic E-state index is 4.12. The molecule has 0 N–H and O–H groups in total.